The summed E-state index contributed by atoms with van der Waals surface area (Å²) in [5.41, 5.74) is 0.605. The van der Waals surface area contributed by atoms with Crippen LogP contribution in [0.5, 0.6) is 0 Å². The van der Waals surface area contributed by atoms with E-state index in [1.165, 1.54) is 17.8 Å². The summed E-state index contributed by atoms with van der Waals surface area (Å²) in [6.45, 7) is 0. The minimum Gasteiger partial charge on any atom is -0.301 e. The normalized spacial score (nSPS) is 20.3. The van der Waals surface area contributed by atoms with E-state index < -0.39 is 30.0 Å². The lowest BCUT2D eigenvalue weighted by Gasteiger charge is -2.23. The lowest BCUT2D eigenvalue weighted by Crippen LogP contribution is -2.55. The lowest BCUT2D eigenvalue weighted by molar-refractivity contribution is -0.0574. The quantitative estimate of drug-likeness (QED) is 0.662. The zero-order valence-electron chi connectivity index (χ0n) is 13.5. The molecule has 2 aromatic rings. The lowest BCUT2D eigenvalue weighted by atomic mass is 10.4. The highest BCUT2D eigenvalue weighted by Gasteiger charge is 2.45. The van der Waals surface area contributed by atoms with Crippen LogP contribution >= 0.6 is 15.9 Å². The molecule has 26 heavy (non-hydrogen) atoms. The molecule has 3 nitrogen and oxygen atoms in total. The SMILES string of the molecule is CS(=O)(=O)c1ccc([Si]2(c3ccc(Br)cc3)C=CC(C(F)(F)F)=N2)cc1. The summed E-state index contributed by atoms with van der Waals surface area (Å²) in [6.07, 6.45) is -2.44. The van der Waals surface area contributed by atoms with E-state index in [9.17, 15) is 21.6 Å². The van der Waals surface area contributed by atoms with E-state index >= 15 is 0 Å². The molecule has 0 amide bonds. The molecular formula is C17H13BrF3NO2SSi. The molecule has 1 atom stereocenters. The molecule has 0 N–H and O–H groups in total. The standard InChI is InChI=1S/C17H13BrF3NO2SSi/c1-25(23,24)13-4-8-15(9-5-13)26(14-6-2-12(18)3-7-14)11-10-16(22-26)17(19,20)21/h2-11H,1H3. The first-order valence-corrected chi connectivity index (χ1v) is 12.2. The van der Waals surface area contributed by atoms with Gasteiger partial charge in [0.1, 0.15) is 5.71 Å². The van der Waals surface area contributed by atoms with Gasteiger partial charge in [0.05, 0.1) is 4.90 Å². The third-order valence-electron chi connectivity index (χ3n) is 4.08. The smallest absolute Gasteiger partial charge is 0.301 e. The van der Waals surface area contributed by atoms with Gasteiger partial charge in [0.25, 0.3) is 8.24 Å². The Morgan fingerprint density at radius 1 is 0.962 bits per heavy atom. The molecule has 1 aliphatic heterocycles. The molecule has 0 spiro atoms. The van der Waals surface area contributed by atoms with Crippen molar-refractivity contribution < 1.29 is 21.6 Å². The van der Waals surface area contributed by atoms with Gasteiger partial charge in [0, 0.05) is 10.7 Å². The van der Waals surface area contributed by atoms with Gasteiger partial charge in [0.15, 0.2) is 9.84 Å². The number of halogens is 4. The number of alkyl halides is 3. The first kappa shape index (κ1) is 19.1. The van der Waals surface area contributed by atoms with Gasteiger partial charge in [-0.3, -0.25) is 0 Å². The second kappa shape index (κ2) is 6.47. The number of hydrogen-bond donors (Lipinski definition) is 0. The molecule has 1 heterocycles. The van der Waals surface area contributed by atoms with Gasteiger partial charge in [-0.2, -0.15) is 13.2 Å². The highest BCUT2D eigenvalue weighted by molar-refractivity contribution is 9.10. The molecule has 136 valence electrons. The van der Waals surface area contributed by atoms with Crippen LogP contribution < -0.4 is 10.4 Å². The molecule has 0 aliphatic carbocycles. The summed E-state index contributed by atoms with van der Waals surface area (Å²) in [6, 6.07) is 12.9. The Labute approximate surface area is 158 Å². The summed E-state index contributed by atoms with van der Waals surface area (Å²) in [5.74, 6) is 0. The molecule has 1 aliphatic rings. The van der Waals surface area contributed by atoms with Gasteiger partial charge < -0.3 is 4.66 Å². The Balaban J connectivity index is 2.19. The summed E-state index contributed by atoms with van der Waals surface area (Å²) in [7, 11) is -6.58. The molecule has 0 saturated carbocycles. The maximum Gasteiger partial charge on any atom is 0.431 e. The van der Waals surface area contributed by atoms with Crippen LogP contribution in [0.15, 0.2) is 74.3 Å². The number of benzene rings is 2. The van der Waals surface area contributed by atoms with Crippen molar-refractivity contribution in [2.24, 2.45) is 4.66 Å². The highest BCUT2D eigenvalue weighted by atomic mass is 79.9. The molecule has 0 saturated heterocycles. The minimum atomic E-state index is -4.53. The molecule has 2 aromatic carbocycles. The first-order chi connectivity index (χ1) is 12.0. The zero-order valence-corrected chi connectivity index (χ0v) is 16.9. The predicted octanol–water partition coefficient (Wildman–Crippen LogP) is 3.02. The zero-order chi connectivity index (χ0) is 19.2. The van der Waals surface area contributed by atoms with Crippen molar-refractivity contribution in [3.05, 3.63) is 64.8 Å². The Kier molecular flexibility index (Phi) is 4.74. The van der Waals surface area contributed by atoms with Crippen LogP contribution in [-0.2, 0) is 9.84 Å². The molecule has 0 radical (unpaired) electrons. The van der Waals surface area contributed by atoms with Crippen molar-refractivity contribution in [1.29, 1.82) is 0 Å². The maximum absolute atomic E-state index is 13.2. The molecular weight excluding hydrogens is 447 g/mol. The van der Waals surface area contributed by atoms with E-state index in [0.29, 0.717) is 10.4 Å². The van der Waals surface area contributed by atoms with E-state index in [-0.39, 0.29) is 4.90 Å². The maximum atomic E-state index is 13.2. The van der Waals surface area contributed by atoms with E-state index in [4.69, 9.17) is 0 Å². The minimum absolute atomic E-state index is 0.114. The summed E-state index contributed by atoms with van der Waals surface area (Å²) in [4.78, 5) is 0.114. The molecule has 0 bridgehead atoms. The molecule has 9 heteroatoms. The van der Waals surface area contributed by atoms with Gasteiger partial charge in [-0.1, -0.05) is 45.9 Å². The third kappa shape index (κ3) is 3.56. The molecule has 0 fully saturated rings. The Morgan fingerprint density at radius 2 is 1.46 bits per heavy atom. The van der Waals surface area contributed by atoms with Crippen LogP contribution in [0.4, 0.5) is 13.2 Å². The van der Waals surface area contributed by atoms with Crippen molar-refractivity contribution in [3.8, 4) is 0 Å². The third-order valence-corrected chi connectivity index (χ3v) is 9.40. The van der Waals surface area contributed by atoms with Crippen LogP contribution in [0.25, 0.3) is 0 Å². The van der Waals surface area contributed by atoms with Gasteiger partial charge in [-0.25, -0.2) is 8.42 Å². The second-order valence-corrected chi connectivity index (χ2v) is 12.1. The van der Waals surface area contributed by atoms with Crippen molar-refractivity contribution >= 4 is 50.1 Å². The Morgan fingerprint density at radius 3 is 1.88 bits per heavy atom. The fourth-order valence-corrected chi connectivity index (χ4v) is 7.05. The number of allylic oxidation sites excluding steroid dienone is 1. The van der Waals surface area contributed by atoms with Crippen molar-refractivity contribution in [3.63, 3.8) is 0 Å². The van der Waals surface area contributed by atoms with Gasteiger partial charge in [-0.15, -0.1) is 0 Å². The van der Waals surface area contributed by atoms with E-state index in [1.807, 2.05) is 0 Å². The van der Waals surface area contributed by atoms with Crippen LogP contribution in [-0.4, -0.2) is 34.8 Å². The number of nitrogens with zero attached hydrogens (tertiary/aromatic N) is 1. The second-order valence-electron chi connectivity index (χ2n) is 5.90. The van der Waals surface area contributed by atoms with Crippen LogP contribution in [0.1, 0.15) is 0 Å². The van der Waals surface area contributed by atoms with Crippen molar-refractivity contribution in [1.82, 2.24) is 0 Å². The van der Waals surface area contributed by atoms with Crippen LogP contribution in [0.2, 0.25) is 0 Å². The van der Waals surface area contributed by atoms with E-state index in [2.05, 4.69) is 20.6 Å². The topological polar surface area (TPSA) is 46.5 Å². The van der Waals surface area contributed by atoms with E-state index in [1.54, 1.807) is 36.4 Å². The van der Waals surface area contributed by atoms with Crippen molar-refractivity contribution in [2.75, 3.05) is 6.26 Å². The van der Waals surface area contributed by atoms with E-state index in [0.717, 1.165) is 16.8 Å². The number of rotatable bonds is 3. The average molecular weight is 460 g/mol. The summed E-state index contributed by atoms with van der Waals surface area (Å²) in [5, 5.41) is 1.27. The summed E-state index contributed by atoms with van der Waals surface area (Å²) < 4.78 is 67.7. The Bertz CT molecular complexity index is 1000. The number of hydrogen-bond acceptors (Lipinski definition) is 3. The van der Waals surface area contributed by atoms with Crippen molar-refractivity contribution in [2.45, 2.75) is 11.1 Å². The molecule has 0 aromatic heterocycles. The van der Waals surface area contributed by atoms with Crippen LogP contribution in [0.3, 0.4) is 0 Å². The predicted molar refractivity (Wildman–Crippen MR) is 101 cm³/mol. The number of sulfone groups is 1. The van der Waals surface area contributed by atoms with Gasteiger partial charge in [0.2, 0.25) is 0 Å². The molecule has 3 rings (SSSR count). The molecule has 1 unspecified atom stereocenters. The largest absolute Gasteiger partial charge is 0.431 e. The van der Waals surface area contributed by atoms with Crippen LogP contribution in [0, 0.1) is 0 Å². The highest BCUT2D eigenvalue weighted by Crippen LogP contribution is 2.26. The monoisotopic (exact) mass is 459 g/mol. The Hall–Kier alpha value is -1.71. The fourth-order valence-electron chi connectivity index (χ4n) is 2.77. The first-order valence-electron chi connectivity index (χ1n) is 7.45. The van der Waals surface area contributed by atoms with Gasteiger partial charge >= 0.3 is 6.18 Å². The fraction of sp³-hybridized carbons (Fsp3) is 0.118. The average Bonchev–Trinajstić information content (AvgIpc) is 3.02. The van der Waals surface area contributed by atoms with Gasteiger partial charge in [-0.05, 0) is 40.7 Å². The summed E-state index contributed by atoms with van der Waals surface area (Å²) >= 11 is 3.32.